The highest BCUT2D eigenvalue weighted by molar-refractivity contribution is 5.80. The molecule has 3 aromatic rings. The molecule has 0 aliphatic rings. The Morgan fingerprint density at radius 1 is 1.05 bits per heavy atom. The van der Waals surface area contributed by atoms with Crippen molar-refractivity contribution in [1.29, 1.82) is 0 Å². The molecule has 1 heterocycles. The fourth-order valence-corrected chi connectivity index (χ4v) is 2.30. The van der Waals surface area contributed by atoms with Crippen molar-refractivity contribution in [3.63, 3.8) is 0 Å². The van der Waals surface area contributed by atoms with Crippen LogP contribution in [0.3, 0.4) is 0 Å². The Hall–Kier alpha value is -2.29. The molecule has 0 aliphatic heterocycles. The van der Waals surface area contributed by atoms with E-state index in [1.54, 1.807) is 0 Å². The van der Waals surface area contributed by atoms with Crippen molar-refractivity contribution in [1.82, 2.24) is 9.97 Å². The van der Waals surface area contributed by atoms with Crippen LogP contribution in [0.5, 0.6) is 5.75 Å². The molecule has 96 valence electrons. The molecule has 0 spiro atoms. The second-order valence-corrected chi connectivity index (χ2v) is 5.00. The van der Waals surface area contributed by atoms with Crippen LogP contribution in [0.15, 0.2) is 42.5 Å². The number of benzene rings is 2. The molecule has 0 saturated carbocycles. The van der Waals surface area contributed by atoms with Gasteiger partial charge in [0.25, 0.3) is 0 Å². The number of aromatic amines is 1. The van der Waals surface area contributed by atoms with Crippen LogP contribution in [-0.4, -0.2) is 15.1 Å². The number of rotatable bonds is 2. The smallest absolute Gasteiger partial charge is 0.142 e. The second kappa shape index (κ2) is 4.43. The molecule has 0 aliphatic carbocycles. The van der Waals surface area contributed by atoms with Gasteiger partial charge in [0.15, 0.2) is 0 Å². The van der Waals surface area contributed by atoms with Gasteiger partial charge in [-0.2, -0.15) is 0 Å². The van der Waals surface area contributed by atoms with Crippen LogP contribution in [0.25, 0.3) is 22.4 Å². The lowest BCUT2D eigenvalue weighted by atomic mass is 9.99. The minimum Gasteiger partial charge on any atom is -0.507 e. The Kier molecular flexibility index (Phi) is 2.75. The third-order valence-corrected chi connectivity index (χ3v) is 3.33. The minimum absolute atomic E-state index is 0.282. The summed E-state index contributed by atoms with van der Waals surface area (Å²) in [5.74, 6) is 1.31. The van der Waals surface area contributed by atoms with Gasteiger partial charge >= 0.3 is 0 Å². The first kappa shape index (κ1) is 11.8. The Balaban J connectivity index is 2.18. The number of imidazole rings is 1. The lowest BCUT2D eigenvalue weighted by Crippen LogP contribution is -1.91. The fraction of sp³-hybridized carbons (Fsp3) is 0.188. The molecule has 0 fully saturated rings. The summed E-state index contributed by atoms with van der Waals surface area (Å²) in [4.78, 5) is 7.78. The Morgan fingerprint density at radius 2 is 1.84 bits per heavy atom. The normalized spacial score (nSPS) is 11.3. The van der Waals surface area contributed by atoms with E-state index in [2.05, 4.69) is 23.8 Å². The third-order valence-electron chi connectivity index (χ3n) is 3.33. The number of fused-ring (bicyclic) bond motifs is 1. The molecule has 0 saturated heterocycles. The Bertz CT molecular complexity index is 695. The van der Waals surface area contributed by atoms with Crippen LogP contribution >= 0.6 is 0 Å². The molecule has 0 bridgehead atoms. The van der Waals surface area contributed by atoms with Crippen LogP contribution in [0.4, 0.5) is 0 Å². The first-order chi connectivity index (χ1) is 9.16. The van der Waals surface area contributed by atoms with E-state index >= 15 is 0 Å². The van der Waals surface area contributed by atoms with E-state index in [-0.39, 0.29) is 5.92 Å². The molecule has 1 aromatic heterocycles. The molecule has 2 aromatic carbocycles. The summed E-state index contributed by atoms with van der Waals surface area (Å²) in [5.41, 5.74) is 3.58. The van der Waals surface area contributed by atoms with E-state index in [9.17, 15) is 5.11 Å². The topological polar surface area (TPSA) is 48.9 Å². The summed E-state index contributed by atoms with van der Waals surface area (Å²) in [5, 5.41) is 10.4. The van der Waals surface area contributed by atoms with Crippen molar-refractivity contribution in [3.05, 3.63) is 48.0 Å². The number of nitrogens with one attached hydrogen (secondary N) is 1. The number of phenolic OH excluding ortho intramolecular Hbond substituents is 1. The van der Waals surface area contributed by atoms with Gasteiger partial charge in [-0.25, -0.2) is 4.98 Å². The van der Waals surface area contributed by atoms with Crippen molar-refractivity contribution in [2.24, 2.45) is 0 Å². The van der Waals surface area contributed by atoms with Crippen molar-refractivity contribution < 1.29 is 5.11 Å². The highest BCUT2D eigenvalue weighted by Gasteiger charge is 2.14. The van der Waals surface area contributed by atoms with Crippen LogP contribution < -0.4 is 0 Å². The maximum Gasteiger partial charge on any atom is 0.142 e. The number of phenols is 1. The van der Waals surface area contributed by atoms with E-state index in [1.165, 1.54) is 0 Å². The zero-order valence-electron chi connectivity index (χ0n) is 11.0. The van der Waals surface area contributed by atoms with Crippen LogP contribution in [0.1, 0.15) is 25.3 Å². The number of para-hydroxylation sites is 3. The van der Waals surface area contributed by atoms with Gasteiger partial charge < -0.3 is 10.1 Å². The van der Waals surface area contributed by atoms with Gasteiger partial charge in [-0.15, -0.1) is 0 Å². The third kappa shape index (κ3) is 1.97. The minimum atomic E-state index is 0.282. The van der Waals surface area contributed by atoms with E-state index in [0.29, 0.717) is 11.6 Å². The molecule has 3 nitrogen and oxygen atoms in total. The van der Waals surface area contributed by atoms with Crippen LogP contribution in [-0.2, 0) is 0 Å². The molecule has 3 rings (SSSR count). The largest absolute Gasteiger partial charge is 0.507 e. The number of nitrogens with zero attached hydrogens (tertiary/aromatic N) is 1. The lowest BCUT2D eigenvalue weighted by Gasteiger charge is -2.10. The zero-order valence-corrected chi connectivity index (χ0v) is 11.0. The Morgan fingerprint density at radius 3 is 2.58 bits per heavy atom. The number of aromatic hydroxyl groups is 1. The van der Waals surface area contributed by atoms with E-state index in [0.717, 1.165) is 22.2 Å². The highest BCUT2D eigenvalue weighted by Crippen LogP contribution is 2.34. The van der Waals surface area contributed by atoms with Gasteiger partial charge in [-0.1, -0.05) is 38.1 Å². The number of H-pyrrole nitrogens is 1. The average Bonchev–Trinajstić information content (AvgIpc) is 2.82. The predicted molar refractivity (Wildman–Crippen MR) is 77.3 cm³/mol. The first-order valence-electron chi connectivity index (χ1n) is 6.44. The summed E-state index contributed by atoms with van der Waals surface area (Å²) in [6, 6.07) is 13.7. The average molecular weight is 252 g/mol. The second-order valence-electron chi connectivity index (χ2n) is 5.00. The van der Waals surface area contributed by atoms with Crippen molar-refractivity contribution in [2.75, 3.05) is 0 Å². The van der Waals surface area contributed by atoms with Gasteiger partial charge in [-0.3, -0.25) is 0 Å². The molecule has 0 amide bonds. The summed E-state index contributed by atoms with van der Waals surface area (Å²) < 4.78 is 0. The molecule has 0 radical (unpaired) electrons. The predicted octanol–water partition coefficient (Wildman–Crippen LogP) is 4.06. The van der Waals surface area contributed by atoms with Gasteiger partial charge in [0.2, 0.25) is 0 Å². The quantitative estimate of drug-likeness (QED) is 0.722. The van der Waals surface area contributed by atoms with E-state index < -0.39 is 0 Å². The van der Waals surface area contributed by atoms with Gasteiger partial charge in [0.05, 0.1) is 16.6 Å². The zero-order chi connectivity index (χ0) is 13.4. The number of hydrogen-bond acceptors (Lipinski definition) is 2. The molecular formula is C16H16N2O. The maximum atomic E-state index is 10.4. The van der Waals surface area contributed by atoms with Crippen LogP contribution in [0, 0.1) is 0 Å². The van der Waals surface area contributed by atoms with Crippen molar-refractivity contribution >= 4 is 11.0 Å². The maximum absolute atomic E-state index is 10.4. The monoisotopic (exact) mass is 252 g/mol. The summed E-state index contributed by atoms with van der Waals surface area (Å²) in [6.45, 7) is 4.13. The van der Waals surface area contributed by atoms with Gasteiger partial charge in [0, 0.05) is 0 Å². The van der Waals surface area contributed by atoms with Crippen molar-refractivity contribution in [2.45, 2.75) is 19.8 Å². The summed E-state index contributed by atoms with van der Waals surface area (Å²) in [7, 11) is 0. The fourth-order valence-electron chi connectivity index (χ4n) is 2.30. The molecule has 3 heteroatoms. The molecule has 19 heavy (non-hydrogen) atoms. The van der Waals surface area contributed by atoms with E-state index in [1.807, 2.05) is 42.5 Å². The van der Waals surface area contributed by atoms with Crippen LogP contribution in [0.2, 0.25) is 0 Å². The highest BCUT2D eigenvalue weighted by atomic mass is 16.3. The summed E-state index contributed by atoms with van der Waals surface area (Å²) in [6.07, 6.45) is 0. The van der Waals surface area contributed by atoms with Crippen molar-refractivity contribution in [3.8, 4) is 17.1 Å². The van der Waals surface area contributed by atoms with Gasteiger partial charge in [-0.05, 0) is 29.7 Å². The lowest BCUT2D eigenvalue weighted by molar-refractivity contribution is 0.466. The number of hydrogen-bond donors (Lipinski definition) is 2. The Labute approximate surface area is 111 Å². The molecular weight excluding hydrogens is 236 g/mol. The first-order valence-corrected chi connectivity index (χ1v) is 6.44. The standard InChI is InChI=1S/C16H16N2O/c1-10(2)11-6-5-7-12(15(11)19)16-17-13-8-3-4-9-14(13)18-16/h3-10,19H,1-2H3,(H,17,18). The number of aromatic nitrogens is 2. The molecule has 0 atom stereocenters. The van der Waals surface area contributed by atoms with Gasteiger partial charge in [0.1, 0.15) is 11.6 Å². The van der Waals surface area contributed by atoms with E-state index in [4.69, 9.17) is 0 Å². The molecule has 0 unspecified atom stereocenters. The summed E-state index contributed by atoms with van der Waals surface area (Å²) >= 11 is 0. The SMILES string of the molecule is CC(C)c1cccc(-c2nc3ccccc3[nH]2)c1O. The molecule has 2 N–H and O–H groups in total.